The van der Waals surface area contributed by atoms with Crippen molar-refractivity contribution in [1.82, 2.24) is 83.7 Å². The molecule has 9 heterocycles. The van der Waals surface area contributed by atoms with Crippen LogP contribution in [0.3, 0.4) is 0 Å². The molecule has 2 saturated carbocycles. The number of ether oxygens (including phenoxy) is 2. The van der Waals surface area contributed by atoms with Gasteiger partial charge in [-0.3, -0.25) is 18.7 Å². The Morgan fingerprint density at radius 3 is 1.30 bits per heavy atom. The van der Waals surface area contributed by atoms with Gasteiger partial charge in [0, 0.05) is 89.7 Å². The number of imidazole rings is 4. The van der Waals surface area contributed by atoms with Gasteiger partial charge in [-0.25, -0.2) is 19.9 Å². The maximum atomic E-state index is 12.7. The first-order valence-electron chi connectivity index (χ1n) is 28.1. The molecule has 7 aromatic rings. The number of hydrogen-bond donors (Lipinski definition) is 12. The molecule has 2 amide bonds. The molecular formula is C51H70ClN23O8. The summed E-state index contributed by atoms with van der Waals surface area (Å²) >= 11 is 6.52. The SMILES string of the molecule is CCNC(=O)[C@H]1O[C@@H](n2cnc3c(N[C@H]4CC[C@H](Nc5nc(Cl)nc(N[C@H]6CC[C@H](Nc7nc(NCCc8cn(C)cn8)nc8c7ncn8[C@@H]7O[C@H](C(=O)NCC)[C@@H](O)[C@H]7O)CC6)n5)CC4)nc(NCCc4cn(C)cn4)nc32)[C@H](O)[C@@H]1O. The summed E-state index contributed by atoms with van der Waals surface area (Å²) in [5.41, 5.74) is 3.33. The molecule has 0 radical (unpaired) electrons. The van der Waals surface area contributed by atoms with E-state index >= 15 is 0 Å². The Morgan fingerprint density at radius 2 is 0.928 bits per heavy atom. The molecule has 12 N–H and O–H groups in total. The topological polar surface area (TPSA) is 391 Å². The Hall–Kier alpha value is -7.68. The average Bonchev–Trinajstić information content (AvgIpc) is 3.59. The standard InChI is InChI=1S/C51H70ClN23O8/c1-5-53-43(80)37-33(76)35(78)45(82-37)74-23-59-31-39(65-48(67-41(31)74)55-17-15-29-19-72(3)21-57-29)61-25-7-11-27(12-8-25)63-50-69-47(52)70-51(71-50)64-28-13-9-26(10-14-28)62-40-32-42(68-49(66-40)56-18-16-30-20-73(4)22-58-30)75(24-60-32)46-36(79)34(77)38(83-46)44(81)54-6-2/h19-28,33-38,45-46,76-79H,5-18H2,1-4H3,(H,53,80)(H,54,81)(H2,55,61,65,67)(H2,56,62,66,68)(H2,63,64,69,70,71)/t25-,26-,27-,28-,33-,34-,35+,36+,37-,38-,45+,46+/m0/s1. The minimum absolute atomic E-state index is 0.00241. The van der Waals surface area contributed by atoms with Gasteiger partial charge < -0.3 is 81.6 Å². The zero-order chi connectivity index (χ0) is 57.9. The maximum absolute atomic E-state index is 12.7. The van der Waals surface area contributed by atoms with E-state index in [1.54, 1.807) is 26.5 Å². The van der Waals surface area contributed by atoms with Gasteiger partial charge in [0.15, 0.2) is 58.6 Å². The molecule has 2 aliphatic heterocycles. The van der Waals surface area contributed by atoms with Crippen molar-refractivity contribution in [3.05, 3.63) is 54.4 Å². The number of carbonyl (C=O) groups is 2. The second-order valence-electron chi connectivity index (χ2n) is 21.4. The molecule has 0 aromatic carbocycles. The van der Waals surface area contributed by atoms with Crippen molar-refractivity contribution in [1.29, 1.82) is 0 Å². The van der Waals surface area contributed by atoms with Crippen molar-refractivity contribution < 1.29 is 39.5 Å². The first kappa shape index (κ1) is 57.2. The highest BCUT2D eigenvalue weighted by Crippen LogP contribution is 2.37. The average molecular weight is 1170 g/mol. The van der Waals surface area contributed by atoms with Gasteiger partial charge in [0.05, 0.1) is 36.7 Å². The lowest BCUT2D eigenvalue weighted by Gasteiger charge is -2.31. The van der Waals surface area contributed by atoms with E-state index in [0.717, 1.165) is 62.8 Å². The number of likely N-dealkylation sites (N-methyl/N-ethyl adjacent to an activating group) is 2. The molecule has 4 aliphatic rings. The molecule has 8 atom stereocenters. The molecule has 0 spiro atoms. The van der Waals surface area contributed by atoms with Crippen molar-refractivity contribution in [3.8, 4) is 0 Å². The number of rotatable bonds is 22. The summed E-state index contributed by atoms with van der Waals surface area (Å²) in [5, 5.41) is 70.0. The summed E-state index contributed by atoms with van der Waals surface area (Å²) < 4.78 is 18.7. The van der Waals surface area contributed by atoms with Gasteiger partial charge in [0.25, 0.3) is 11.8 Å². The van der Waals surface area contributed by atoms with Crippen LogP contribution in [0.5, 0.6) is 0 Å². The van der Waals surface area contributed by atoms with Crippen molar-refractivity contribution >= 4 is 81.2 Å². The molecule has 83 heavy (non-hydrogen) atoms. The van der Waals surface area contributed by atoms with Gasteiger partial charge in [0.2, 0.25) is 29.1 Å². The number of nitrogens with one attached hydrogen (secondary N) is 8. The quantitative estimate of drug-likeness (QED) is 0.0446. The van der Waals surface area contributed by atoms with Crippen molar-refractivity contribution in [3.63, 3.8) is 0 Å². The Kier molecular flexibility index (Phi) is 17.2. The van der Waals surface area contributed by atoms with Crippen LogP contribution in [-0.4, -0.2) is 192 Å². The molecule has 31 nitrogen and oxygen atoms in total. The van der Waals surface area contributed by atoms with Gasteiger partial charge >= 0.3 is 0 Å². The fraction of sp³-hybridized carbons (Fsp3) is 0.588. The van der Waals surface area contributed by atoms with Crippen molar-refractivity contribution in [2.24, 2.45) is 14.1 Å². The number of carbonyl (C=O) groups excluding carboxylic acids is 2. The number of amides is 2. The first-order chi connectivity index (χ1) is 40.2. The summed E-state index contributed by atoms with van der Waals surface area (Å²) in [4.78, 5) is 76.4. The molecule has 11 rings (SSSR count). The Labute approximate surface area is 480 Å². The maximum Gasteiger partial charge on any atom is 0.252 e. The highest BCUT2D eigenvalue weighted by atomic mass is 35.5. The molecule has 444 valence electrons. The number of aryl methyl sites for hydroxylation is 2. The largest absolute Gasteiger partial charge is 0.387 e. The molecule has 4 fully saturated rings. The van der Waals surface area contributed by atoms with E-state index in [-0.39, 0.29) is 29.5 Å². The molecule has 32 heteroatoms. The Balaban J connectivity index is 0.713. The van der Waals surface area contributed by atoms with Crippen LogP contribution in [0.15, 0.2) is 37.7 Å². The summed E-state index contributed by atoms with van der Waals surface area (Å²) in [5.74, 6) is 1.23. The minimum atomic E-state index is -1.47. The van der Waals surface area contributed by atoms with Crippen LogP contribution in [0.4, 0.5) is 35.4 Å². The second kappa shape index (κ2) is 25.0. The lowest BCUT2D eigenvalue weighted by molar-refractivity contribution is -0.138. The zero-order valence-electron chi connectivity index (χ0n) is 46.3. The molecule has 0 unspecified atom stereocenters. The van der Waals surface area contributed by atoms with E-state index in [1.807, 2.05) is 35.6 Å². The fourth-order valence-corrected chi connectivity index (χ4v) is 11.3. The zero-order valence-corrected chi connectivity index (χ0v) is 47.1. The van der Waals surface area contributed by atoms with Crippen LogP contribution >= 0.6 is 11.6 Å². The smallest absolute Gasteiger partial charge is 0.252 e. The summed E-state index contributed by atoms with van der Waals surface area (Å²) in [6, 6.07) is 0.0649. The molecular weight excluding hydrogens is 1100 g/mol. The van der Waals surface area contributed by atoms with Crippen molar-refractivity contribution in [2.45, 2.75) is 151 Å². The monoisotopic (exact) mass is 1170 g/mol. The predicted octanol–water partition coefficient (Wildman–Crippen LogP) is 0.762. The summed E-state index contributed by atoms with van der Waals surface area (Å²) in [6.45, 7) is 5.13. The predicted molar refractivity (Wildman–Crippen MR) is 302 cm³/mol. The number of aromatic nitrogens is 15. The van der Waals surface area contributed by atoms with E-state index in [2.05, 4.69) is 72.4 Å². The van der Waals surface area contributed by atoms with Gasteiger partial charge in [-0.05, 0) is 76.8 Å². The van der Waals surface area contributed by atoms with Crippen LogP contribution in [0.1, 0.15) is 89.1 Å². The Morgan fingerprint density at radius 1 is 0.530 bits per heavy atom. The number of hydrogen-bond acceptors (Lipinski definition) is 25. The molecule has 0 bridgehead atoms. The van der Waals surface area contributed by atoms with Crippen molar-refractivity contribution in [2.75, 3.05) is 58.1 Å². The molecule has 7 aromatic heterocycles. The van der Waals surface area contributed by atoms with Gasteiger partial charge in [-0.15, -0.1) is 0 Å². The number of nitrogens with zero attached hydrogens (tertiary/aromatic N) is 15. The van der Waals surface area contributed by atoms with Crippen LogP contribution in [0, 0.1) is 0 Å². The second-order valence-corrected chi connectivity index (χ2v) is 21.8. The van der Waals surface area contributed by atoms with E-state index in [9.17, 15) is 30.0 Å². The lowest BCUT2D eigenvalue weighted by Crippen LogP contribution is -2.42. The lowest BCUT2D eigenvalue weighted by atomic mass is 9.91. The first-order valence-corrected chi connectivity index (χ1v) is 28.5. The van der Waals surface area contributed by atoms with Crippen LogP contribution < -0.4 is 42.5 Å². The highest BCUT2D eigenvalue weighted by Gasteiger charge is 2.49. The van der Waals surface area contributed by atoms with E-state index < -0.39 is 60.9 Å². The normalized spacial score (nSPS) is 26.3. The van der Waals surface area contributed by atoms with Crippen LogP contribution in [-0.2, 0) is 46.0 Å². The minimum Gasteiger partial charge on any atom is -0.387 e. The van der Waals surface area contributed by atoms with Gasteiger partial charge in [0.1, 0.15) is 24.4 Å². The number of aliphatic hydroxyl groups is 4. The number of anilines is 6. The van der Waals surface area contributed by atoms with Gasteiger partial charge in [-0.1, -0.05) is 0 Å². The fourth-order valence-electron chi connectivity index (χ4n) is 11.1. The van der Waals surface area contributed by atoms with Crippen LogP contribution in [0.25, 0.3) is 22.3 Å². The summed E-state index contributed by atoms with van der Waals surface area (Å²) in [6.07, 6.45) is 6.90. The van der Waals surface area contributed by atoms with E-state index in [0.29, 0.717) is 96.8 Å². The Bertz CT molecular complexity index is 3160. The number of aliphatic hydroxyl groups excluding tert-OH is 4. The number of halogens is 1. The van der Waals surface area contributed by atoms with E-state index in [1.165, 1.54) is 21.8 Å². The highest BCUT2D eigenvalue weighted by molar-refractivity contribution is 6.28. The third kappa shape index (κ3) is 12.8. The van der Waals surface area contributed by atoms with Crippen LogP contribution in [0.2, 0.25) is 5.28 Å². The molecule has 2 aliphatic carbocycles. The third-order valence-corrected chi connectivity index (χ3v) is 15.5. The number of fused-ring (bicyclic) bond motifs is 2. The van der Waals surface area contributed by atoms with Gasteiger partial charge in [-0.2, -0.15) is 34.9 Å². The third-order valence-electron chi connectivity index (χ3n) is 15.3. The molecule has 2 saturated heterocycles. The summed E-state index contributed by atoms with van der Waals surface area (Å²) in [7, 11) is 3.82. The van der Waals surface area contributed by atoms with E-state index in [4.69, 9.17) is 46.0 Å².